The van der Waals surface area contributed by atoms with Gasteiger partial charge in [0.25, 0.3) is 0 Å². The van der Waals surface area contributed by atoms with Crippen LogP contribution >= 0.6 is 0 Å². The first-order chi connectivity index (χ1) is 3.41. The Labute approximate surface area is 74.5 Å². The van der Waals surface area contributed by atoms with E-state index in [1.54, 1.807) is 0 Å². The van der Waals surface area contributed by atoms with Gasteiger partial charge in [0.1, 0.15) is 0 Å². The van der Waals surface area contributed by atoms with Gasteiger partial charge < -0.3 is 24.8 Å². The van der Waals surface area contributed by atoms with Crippen LogP contribution in [0.3, 0.4) is 0 Å². The van der Waals surface area contributed by atoms with Crippen LogP contribution in [0.15, 0.2) is 0 Å². The number of halogens is 2. The molecule has 0 aromatic carbocycles. The molecule has 0 aliphatic heterocycles. The van der Waals surface area contributed by atoms with E-state index < -0.39 is 19.7 Å². The zero-order chi connectivity index (χ0) is 5.54. The number of hydrogen-bond donors (Lipinski definition) is 2. The summed E-state index contributed by atoms with van der Waals surface area (Å²) >= 11 is -0.722. The molecule has 0 radical (unpaired) electrons. The molecule has 2 amide bonds. The van der Waals surface area contributed by atoms with Crippen molar-refractivity contribution in [2.45, 2.75) is 0 Å². The quantitative estimate of drug-likeness (QED) is 0.273. The molecular weight excluding hydrogens is 203 g/mol. The molecule has 0 heterocycles. The molecule has 0 saturated carbocycles. The van der Waals surface area contributed by atoms with Gasteiger partial charge in [-0.2, -0.15) is 0 Å². The van der Waals surface area contributed by atoms with E-state index in [9.17, 15) is 9.59 Å². The summed E-state index contributed by atoms with van der Waals surface area (Å²) in [7, 11) is 0. The average molecular weight is 207 g/mol. The molecule has 2 N–H and O–H groups in total. The van der Waals surface area contributed by atoms with Gasteiger partial charge in [0.05, 0.1) is 0 Å². The van der Waals surface area contributed by atoms with Crippen LogP contribution in [0.25, 0.3) is 0 Å². The van der Waals surface area contributed by atoms with Crippen LogP contribution in [0.4, 0.5) is 0 Å². The van der Waals surface area contributed by atoms with Crippen LogP contribution in [0.1, 0.15) is 0 Å². The van der Waals surface area contributed by atoms with Crippen molar-refractivity contribution >= 4 is 12.8 Å². The molecule has 4 nitrogen and oxygen atoms in total. The number of carbonyl (C=O) groups excluding carboxylic acids is 2. The van der Waals surface area contributed by atoms with E-state index in [2.05, 4.69) is 7.60 Å². The maximum Gasteiger partial charge on any atom is -1.00 e. The summed E-state index contributed by atoms with van der Waals surface area (Å²) in [5.41, 5.74) is 0. The molecule has 0 aliphatic rings. The second kappa shape index (κ2) is 15.7. The van der Waals surface area contributed by atoms with E-state index in [0.717, 1.165) is 0 Å². The Morgan fingerprint density at radius 3 is 1.56 bits per heavy atom. The van der Waals surface area contributed by atoms with Crippen LogP contribution in [0, 0.1) is 0 Å². The molecule has 0 fully saturated rings. The number of nitrogens with one attached hydrogen (secondary N) is 2. The molecule has 0 unspecified atom stereocenters. The van der Waals surface area contributed by atoms with Gasteiger partial charge in [0, 0.05) is 0 Å². The Balaban J connectivity index is -0.000000180. The monoisotopic (exact) mass is 206 g/mol. The first-order valence-electron chi connectivity index (χ1n) is 1.55. The van der Waals surface area contributed by atoms with Crippen molar-refractivity contribution in [2.75, 3.05) is 0 Å². The largest absolute Gasteiger partial charge is 1.00 e. The van der Waals surface area contributed by atoms with Gasteiger partial charge >= 0.3 is 49.7 Å². The first kappa shape index (κ1) is 16.1. The smallest absolute Gasteiger partial charge is 1.00 e. The van der Waals surface area contributed by atoms with Gasteiger partial charge in [0.15, 0.2) is 0 Å². The van der Waals surface area contributed by atoms with Crippen molar-refractivity contribution < 1.29 is 54.1 Å². The number of hydrogen-bond acceptors (Lipinski definition) is 2. The zero-order valence-corrected chi connectivity index (χ0v) is 7.30. The van der Waals surface area contributed by atoms with E-state index in [1.165, 1.54) is 0 Å². The summed E-state index contributed by atoms with van der Waals surface area (Å²) < 4.78 is 4.70. The molecule has 0 aromatic rings. The first-order valence-corrected chi connectivity index (χ1v) is 3.11. The summed E-state index contributed by atoms with van der Waals surface area (Å²) in [4.78, 5) is 18.9. The van der Waals surface area contributed by atoms with Gasteiger partial charge in [-0.15, -0.1) is 0 Å². The van der Waals surface area contributed by atoms with E-state index in [4.69, 9.17) is 0 Å². The fraction of sp³-hybridized carbons (Fsp3) is 0. The summed E-state index contributed by atoms with van der Waals surface area (Å²) in [6.45, 7) is 0. The maximum atomic E-state index is 9.44. The van der Waals surface area contributed by atoms with Crippen molar-refractivity contribution in [3.8, 4) is 0 Å². The van der Waals surface area contributed by atoms with E-state index in [-0.39, 0.29) is 24.8 Å². The van der Waals surface area contributed by atoms with Crippen molar-refractivity contribution in [3.05, 3.63) is 0 Å². The van der Waals surface area contributed by atoms with Crippen LogP contribution in [0.2, 0.25) is 0 Å². The van der Waals surface area contributed by atoms with E-state index in [1.807, 2.05) is 0 Å². The minimum Gasteiger partial charge on any atom is -1.00 e. The fourth-order valence-corrected chi connectivity index (χ4v) is 0.415. The maximum absolute atomic E-state index is 9.44. The molecule has 52 valence electrons. The Kier molecular flexibility index (Phi) is 28.2. The van der Waals surface area contributed by atoms with Gasteiger partial charge in [-0.25, -0.2) is 0 Å². The summed E-state index contributed by atoms with van der Waals surface area (Å²) in [6, 6.07) is 0. The van der Waals surface area contributed by atoms with Gasteiger partial charge in [0.2, 0.25) is 0 Å². The minimum absolute atomic E-state index is 0. The molecule has 0 rings (SSSR count). The third-order valence-electron chi connectivity index (χ3n) is 0.262. The van der Waals surface area contributed by atoms with Gasteiger partial charge in [-0.3, -0.25) is 0 Å². The topological polar surface area (TPSA) is 58.2 Å². The van der Waals surface area contributed by atoms with Crippen molar-refractivity contribution in [1.29, 1.82) is 0 Å². The Morgan fingerprint density at radius 1 is 1.00 bits per heavy atom. The zero-order valence-electron chi connectivity index (χ0n) is 4.23. The molecule has 0 bridgehead atoms. The number of amides is 2. The summed E-state index contributed by atoms with van der Waals surface area (Å²) in [5, 5.41) is 0. The van der Waals surface area contributed by atoms with Crippen LogP contribution < -0.4 is 32.4 Å². The predicted molar refractivity (Wildman–Crippen MR) is 18.4 cm³/mol. The van der Waals surface area contributed by atoms with E-state index >= 15 is 0 Å². The second-order valence-electron chi connectivity index (χ2n) is 0.649. The van der Waals surface area contributed by atoms with Crippen LogP contribution in [0.5, 0.6) is 0 Å². The van der Waals surface area contributed by atoms with Crippen molar-refractivity contribution in [1.82, 2.24) is 7.60 Å². The molecule has 7 heteroatoms. The predicted octanol–water partition coefficient (Wildman–Crippen LogP) is -7.60. The second-order valence-corrected chi connectivity index (χ2v) is 1.94. The Hall–Kier alpha value is 0.234. The Morgan fingerprint density at radius 2 is 1.33 bits per heavy atom. The normalized spacial score (nSPS) is 4.44. The van der Waals surface area contributed by atoms with Crippen molar-refractivity contribution in [2.24, 2.45) is 0 Å². The summed E-state index contributed by atoms with van der Waals surface area (Å²) in [5.74, 6) is 0. The summed E-state index contributed by atoms with van der Waals surface area (Å²) in [6.07, 6.45) is 1.13. The average Bonchev–Trinajstić information content (AvgIpc) is 1.69. The van der Waals surface area contributed by atoms with Gasteiger partial charge in [-0.05, 0) is 0 Å². The molecule has 0 atom stereocenters. The molecule has 0 saturated heterocycles. The SMILES string of the molecule is O=C[NH][Ti+2][NH]C=O.[Cl-].[Cl-]. The Bertz CT molecular complexity index is 65.6. The van der Waals surface area contributed by atoms with E-state index in [0.29, 0.717) is 12.8 Å². The number of rotatable bonds is 4. The standard InChI is InChI=1S/2CH3NO.2ClH.Ti/c2*2-1-3;;;/h2*1H,(H2,2,3);2*1H;/q;;;;+4/p-4. The van der Waals surface area contributed by atoms with Crippen LogP contribution in [-0.2, 0) is 29.3 Å². The molecule has 0 aliphatic carbocycles. The third kappa shape index (κ3) is 17.9. The fourth-order valence-electron chi connectivity index (χ4n) is 0.101. The minimum atomic E-state index is -0.722. The number of carbonyl (C=O) groups is 2. The van der Waals surface area contributed by atoms with Crippen LogP contribution in [-0.4, -0.2) is 12.8 Å². The molecular formula is C2H4Cl2N2O2Ti. The molecule has 0 spiro atoms. The van der Waals surface area contributed by atoms with Gasteiger partial charge in [-0.1, -0.05) is 0 Å². The third-order valence-corrected chi connectivity index (χ3v) is 1.08. The molecule has 9 heavy (non-hydrogen) atoms. The van der Waals surface area contributed by atoms with Crippen molar-refractivity contribution in [3.63, 3.8) is 0 Å². The molecule has 0 aromatic heterocycles.